The van der Waals surface area contributed by atoms with Crippen LogP contribution in [0.3, 0.4) is 0 Å². The summed E-state index contributed by atoms with van der Waals surface area (Å²) in [6, 6.07) is 15.3. The van der Waals surface area contributed by atoms with Crippen molar-refractivity contribution in [3.05, 3.63) is 53.6 Å². The second kappa shape index (κ2) is 8.23. The minimum Gasteiger partial charge on any atom is -0.497 e. The number of methoxy groups -OCH3 is 1. The normalized spacial score (nSPS) is 15.0. The molecule has 0 aliphatic carbocycles. The standard InChI is InChI=1S/C19H22ClN3O2/c1-25-18-7-3-5-16(13-18)21-19(24)14-22-8-10-23(11-9-22)17-6-2-4-15(20)12-17/h2-7,12-13H,8-11,14H2,1H3,(H,21,24)/p+1. The molecule has 3 rings (SSSR count). The Morgan fingerprint density at radius 3 is 2.68 bits per heavy atom. The minimum absolute atomic E-state index is 0.0273. The third-order valence-corrected chi connectivity index (χ3v) is 4.64. The number of hydrogen-bond donors (Lipinski definition) is 2. The fourth-order valence-corrected chi connectivity index (χ4v) is 3.25. The number of carbonyl (C=O) groups excluding carboxylic acids is 1. The molecule has 1 amide bonds. The van der Waals surface area contributed by atoms with E-state index in [4.69, 9.17) is 16.3 Å². The third kappa shape index (κ3) is 4.87. The van der Waals surface area contributed by atoms with Crippen molar-refractivity contribution in [3.63, 3.8) is 0 Å². The number of rotatable bonds is 5. The Morgan fingerprint density at radius 2 is 1.96 bits per heavy atom. The van der Waals surface area contributed by atoms with Gasteiger partial charge in [-0.05, 0) is 30.3 Å². The molecule has 6 heteroatoms. The van der Waals surface area contributed by atoms with Gasteiger partial charge in [0.15, 0.2) is 6.54 Å². The summed E-state index contributed by atoms with van der Waals surface area (Å²) >= 11 is 6.07. The quantitative estimate of drug-likeness (QED) is 0.853. The Bertz CT molecular complexity index is 730. The number of quaternary nitrogens is 1. The van der Waals surface area contributed by atoms with E-state index in [1.54, 1.807) is 7.11 Å². The third-order valence-electron chi connectivity index (χ3n) is 4.41. The van der Waals surface area contributed by atoms with Crippen LogP contribution < -0.4 is 19.9 Å². The summed E-state index contributed by atoms with van der Waals surface area (Å²) in [7, 11) is 1.62. The molecule has 1 saturated heterocycles. The van der Waals surface area contributed by atoms with Crippen LogP contribution in [-0.2, 0) is 4.79 Å². The Hall–Kier alpha value is -2.24. The molecule has 1 aliphatic rings. The van der Waals surface area contributed by atoms with E-state index in [2.05, 4.69) is 16.3 Å². The van der Waals surface area contributed by atoms with Crippen molar-refractivity contribution < 1.29 is 14.4 Å². The summed E-state index contributed by atoms with van der Waals surface area (Å²) in [5.41, 5.74) is 1.91. The molecular weight excluding hydrogens is 338 g/mol. The number of nitrogens with zero attached hydrogens (tertiary/aromatic N) is 1. The lowest BCUT2D eigenvalue weighted by atomic mass is 10.2. The van der Waals surface area contributed by atoms with Crippen LogP contribution in [0.2, 0.25) is 5.02 Å². The maximum absolute atomic E-state index is 12.3. The topological polar surface area (TPSA) is 46.0 Å². The smallest absolute Gasteiger partial charge is 0.279 e. The number of nitrogens with one attached hydrogen (secondary N) is 2. The van der Waals surface area contributed by atoms with E-state index in [1.807, 2.05) is 42.5 Å². The number of benzene rings is 2. The van der Waals surface area contributed by atoms with Crippen LogP contribution in [0.4, 0.5) is 11.4 Å². The zero-order valence-electron chi connectivity index (χ0n) is 14.3. The molecule has 25 heavy (non-hydrogen) atoms. The maximum atomic E-state index is 12.3. The molecule has 5 nitrogen and oxygen atoms in total. The first kappa shape index (κ1) is 17.6. The summed E-state index contributed by atoms with van der Waals surface area (Å²) in [5, 5.41) is 3.70. The van der Waals surface area contributed by atoms with Gasteiger partial charge >= 0.3 is 0 Å². The summed E-state index contributed by atoms with van der Waals surface area (Å²) in [6.45, 7) is 4.17. The molecule has 0 atom stereocenters. The highest BCUT2D eigenvalue weighted by Gasteiger charge is 2.22. The van der Waals surface area contributed by atoms with Crippen molar-refractivity contribution in [2.24, 2.45) is 0 Å². The van der Waals surface area contributed by atoms with Crippen LogP contribution in [0.25, 0.3) is 0 Å². The fraction of sp³-hybridized carbons (Fsp3) is 0.316. The molecule has 0 aromatic heterocycles. The summed E-state index contributed by atoms with van der Waals surface area (Å²) in [5.74, 6) is 0.764. The highest BCUT2D eigenvalue weighted by molar-refractivity contribution is 6.30. The summed E-state index contributed by atoms with van der Waals surface area (Å²) in [4.78, 5) is 15.9. The van der Waals surface area contributed by atoms with Crippen LogP contribution in [0.5, 0.6) is 5.75 Å². The maximum Gasteiger partial charge on any atom is 0.279 e. The lowest BCUT2D eigenvalue weighted by molar-refractivity contribution is -0.892. The molecule has 0 unspecified atom stereocenters. The van der Waals surface area contributed by atoms with E-state index in [0.717, 1.165) is 48.3 Å². The van der Waals surface area contributed by atoms with Gasteiger partial charge in [0.25, 0.3) is 5.91 Å². The highest BCUT2D eigenvalue weighted by atomic mass is 35.5. The van der Waals surface area contributed by atoms with Crippen molar-refractivity contribution in [3.8, 4) is 5.75 Å². The second-order valence-electron chi connectivity index (χ2n) is 6.17. The molecule has 2 aromatic rings. The van der Waals surface area contributed by atoms with Gasteiger partial charge in [-0.2, -0.15) is 0 Å². The van der Waals surface area contributed by atoms with E-state index >= 15 is 0 Å². The fourth-order valence-electron chi connectivity index (χ4n) is 3.06. The Morgan fingerprint density at radius 1 is 1.20 bits per heavy atom. The monoisotopic (exact) mass is 360 g/mol. The molecule has 2 aromatic carbocycles. The molecule has 0 saturated carbocycles. The van der Waals surface area contributed by atoms with Crippen LogP contribution in [0.15, 0.2) is 48.5 Å². The number of carbonyl (C=O) groups is 1. The number of piperazine rings is 1. The van der Waals surface area contributed by atoms with Gasteiger partial charge in [0.05, 0.1) is 33.3 Å². The van der Waals surface area contributed by atoms with E-state index in [9.17, 15) is 4.79 Å². The number of ether oxygens (including phenoxy) is 1. The van der Waals surface area contributed by atoms with Gasteiger partial charge in [-0.1, -0.05) is 23.7 Å². The zero-order valence-corrected chi connectivity index (χ0v) is 15.1. The van der Waals surface area contributed by atoms with Gasteiger partial charge in [-0.25, -0.2) is 0 Å². The number of halogens is 1. The SMILES string of the molecule is COc1cccc(NC(=O)C[NH+]2CCN(c3cccc(Cl)c3)CC2)c1. The molecule has 0 bridgehead atoms. The molecular formula is C19H23ClN3O2+. The predicted molar refractivity (Wildman–Crippen MR) is 101 cm³/mol. The van der Waals surface area contributed by atoms with E-state index in [-0.39, 0.29) is 5.91 Å². The molecule has 0 spiro atoms. The first-order chi connectivity index (χ1) is 12.1. The van der Waals surface area contributed by atoms with Crippen LogP contribution in [-0.4, -0.2) is 45.7 Å². The van der Waals surface area contributed by atoms with Crippen molar-refractivity contribution in [1.29, 1.82) is 0 Å². The molecule has 1 aliphatic heterocycles. The Kier molecular flexibility index (Phi) is 5.79. The second-order valence-corrected chi connectivity index (χ2v) is 6.61. The van der Waals surface area contributed by atoms with Gasteiger partial charge < -0.3 is 19.9 Å². The summed E-state index contributed by atoms with van der Waals surface area (Å²) in [6.07, 6.45) is 0. The van der Waals surface area contributed by atoms with Crippen LogP contribution in [0, 0.1) is 0 Å². The van der Waals surface area contributed by atoms with Gasteiger partial charge in [0, 0.05) is 22.5 Å². The molecule has 2 N–H and O–H groups in total. The predicted octanol–water partition coefficient (Wildman–Crippen LogP) is 1.69. The zero-order chi connectivity index (χ0) is 17.6. The van der Waals surface area contributed by atoms with Gasteiger partial charge in [0.1, 0.15) is 5.75 Å². The highest BCUT2D eigenvalue weighted by Crippen LogP contribution is 2.19. The molecule has 132 valence electrons. The largest absolute Gasteiger partial charge is 0.497 e. The van der Waals surface area contributed by atoms with Crippen molar-refractivity contribution >= 4 is 28.9 Å². The average molecular weight is 361 g/mol. The van der Waals surface area contributed by atoms with Gasteiger partial charge in [-0.3, -0.25) is 4.79 Å². The lowest BCUT2D eigenvalue weighted by Crippen LogP contribution is -3.15. The van der Waals surface area contributed by atoms with E-state index in [1.165, 1.54) is 4.90 Å². The average Bonchev–Trinajstić information content (AvgIpc) is 2.62. The number of amides is 1. The van der Waals surface area contributed by atoms with E-state index < -0.39 is 0 Å². The molecule has 1 heterocycles. The van der Waals surface area contributed by atoms with Crippen molar-refractivity contribution in [2.45, 2.75) is 0 Å². The van der Waals surface area contributed by atoms with Crippen molar-refractivity contribution in [2.75, 3.05) is 50.1 Å². The first-order valence-electron chi connectivity index (χ1n) is 8.42. The van der Waals surface area contributed by atoms with E-state index in [0.29, 0.717) is 6.54 Å². The lowest BCUT2D eigenvalue weighted by Gasteiger charge is -2.33. The Labute approximate surface area is 153 Å². The summed E-state index contributed by atoms with van der Waals surface area (Å²) < 4.78 is 5.18. The Balaban J connectivity index is 1.49. The molecule has 1 fully saturated rings. The van der Waals surface area contributed by atoms with Gasteiger partial charge in [-0.15, -0.1) is 0 Å². The van der Waals surface area contributed by atoms with Gasteiger partial charge in [0.2, 0.25) is 0 Å². The first-order valence-corrected chi connectivity index (χ1v) is 8.80. The van der Waals surface area contributed by atoms with Crippen molar-refractivity contribution in [1.82, 2.24) is 0 Å². The minimum atomic E-state index is 0.0273. The van der Waals surface area contributed by atoms with Crippen LogP contribution >= 0.6 is 11.6 Å². The molecule has 0 radical (unpaired) electrons. The number of hydrogen-bond acceptors (Lipinski definition) is 3. The van der Waals surface area contributed by atoms with Crippen LogP contribution in [0.1, 0.15) is 0 Å². The number of anilines is 2.